The minimum Gasteiger partial charge on any atom is -0.497 e. The lowest BCUT2D eigenvalue weighted by Gasteiger charge is -2.04. The molecule has 0 spiro atoms. The maximum absolute atomic E-state index is 12.0. The highest BCUT2D eigenvalue weighted by Gasteiger charge is 2.16. The van der Waals surface area contributed by atoms with E-state index in [2.05, 4.69) is 10.3 Å². The number of amides is 1. The number of thiazole rings is 1. The van der Waals surface area contributed by atoms with Gasteiger partial charge in [-0.2, -0.15) is 0 Å². The summed E-state index contributed by atoms with van der Waals surface area (Å²) in [6, 6.07) is 6.91. The number of rotatable bonds is 5. The summed E-state index contributed by atoms with van der Waals surface area (Å²) < 4.78 is 9.86. The largest absolute Gasteiger partial charge is 0.497 e. The summed E-state index contributed by atoms with van der Waals surface area (Å²) in [7, 11) is 1.57. The number of hydrogen-bond acceptors (Lipinski definition) is 6. The Morgan fingerprint density at radius 2 is 2.00 bits per heavy atom. The van der Waals surface area contributed by atoms with E-state index in [0.29, 0.717) is 11.4 Å². The molecule has 1 aromatic heterocycles. The summed E-state index contributed by atoms with van der Waals surface area (Å²) in [6.45, 7) is 1.98. The maximum Gasteiger partial charge on any atom is 0.367 e. The Labute approximate surface area is 125 Å². The Balaban J connectivity index is 2.04. The Hall–Kier alpha value is -2.41. The summed E-state index contributed by atoms with van der Waals surface area (Å²) in [4.78, 5) is 27.5. The molecule has 0 aliphatic rings. The van der Waals surface area contributed by atoms with Crippen molar-refractivity contribution in [3.8, 4) is 5.75 Å². The summed E-state index contributed by atoms with van der Waals surface area (Å²) in [5, 5.41) is 4.37. The molecule has 0 saturated carbocycles. The van der Waals surface area contributed by atoms with Crippen LogP contribution >= 0.6 is 11.3 Å². The molecular formula is C14H14N2O4S. The molecule has 7 heteroatoms. The predicted molar refractivity (Wildman–Crippen MR) is 79.0 cm³/mol. The van der Waals surface area contributed by atoms with Crippen LogP contribution in [0.4, 0.5) is 5.69 Å². The van der Waals surface area contributed by atoms with Gasteiger partial charge in [-0.25, -0.2) is 9.78 Å². The number of esters is 1. The van der Waals surface area contributed by atoms with Crippen molar-refractivity contribution >= 4 is 28.9 Å². The lowest BCUT2D eigenvalue weighted by molar-refractivity contribution is 0.0526. The average Bonchev–Trinajstić information content (AvgIpc) is 2.98. The number of nitrogens with one attached hydrogen (secondary N) is 1. The second-order valence-corrected chi connectivity index (χ2v) is 4.80. The Bertz CT molecular complexity index is 637. The van der Waals surface area contributed by atoms with E-state index in [4.69, 9.17) is 9.47 Å². The number of nitrogens with zero attached hydrogens (tertiary/aromatic N) is 1. The van der Waals surface area contributed by atoms with Crippen molar-refractivity contribution in [2.45, 2.75) is 6.92 Å². The van der Waals surface area contributed by atoms with Gasteiger partial charge in [0.1, 0.15) is 11.4 Å². The minimum absolute atomic E-state index is 0.164. The fourth-order valence-corrected chi connectivity index (χ4v) is 2.22. The van der Waals surface area contributed by atoms with Crippen LogP contribution in [0.25, 0.3) is 0 Å². The molecule has 0 fully saturated rings. The third-order valence-corrected chi connectivity index (χ3v) is 3.36. The van der Waals surface area contributed by atoms with Crippen LogP contribution in [-0.4, -0.2) is 30.6 Å². The average molecular weight is 306 g/mol. The summed E-state index contributed by atoms with van der Waals surface area (Å²) in [6.07, 6.45) is 0. The van der Waals surface area contributed by atoms with Crippen LogP contribution < -0.4 is 10.1 Å². The van der Waals surface area contributed by atoms with E-state index in [-0.39, 0.29) is 23.2 Å². The predicted octanol–water partition coefficient (Wildman–Crippen LogP) is 2.58. The van der Waals surface area contributed by atoms with Crippen molar-refractivity contribution in [1.82, 2.24) is 4.98 Å². The van der Waals surface area contributed by atoms with Gasteiger partial charge < -0.3 is 14.8 Å². The van der Waals surface area contributed by atoms with E-state index < -0.39 is 5.97 Å². The number of methoxy groups -OCH3 is 1. The van der Waals surface area contributed by atoms with Crippen molar-refractivity contribution in [1.29, 1.82) is 0 Å². The van der Waals surface area contributed by atoms with Crippen LogP contribution in [0.15, 0.2) is 29.6 Å². The zero-order chi connectivity index (χ0) is 15.2. The van der Waals surface area contributed by atoms with Gasteiger partial charge >= 0.3 is 5.97 Å². The standard InChI is InChI=1S/C14H14N2O4S/c1-3-20-14(18)13-16-11(8-21-13)12(17)15-9-4-6-10(19-2)7-5-9/h4-8H,3H2,1-2H3,(H,15,17). The smallest absolute Gasteiger partial charge is 0.367 e. The molecule has 0 saturated heterocycles. The fourth-order valence-electron chi connectivity index (χ4n) is 1.53. The molecule has 2 rings (SSSR count). The monoisotopic (exact) mass is 306 g/mol. The molecule has 0 aliphatic heterocycles. The van der Waals surface area contributed by atoms with Crippen LogP contribution in [0.3, 0.4) is 0 Å². The van der Waals surface area contributed by atoms with Gasteiger partial charge in [0, 0.05) is 11.1 Å². The van der Waals surface area contributed by atoms with E-state index >= 15 is 0 Å². The van der Waals surface area contributed by atoms with Gasteiger partial charge in [0.05, 0.1) is 13.7 Å². The van der Waals surface area contributed by atoms with Crippen molar-refractivity contribution in [3.63, 3.8) is 0 Å². The van der Waals surface area contributed by atoms with Crippen molar-refractivity contribution in [2.75, 3.05) is 19.0 Å². The van der Waals surface area contributed by atoms with E-state index in [1.165, 1.54) is 5.38 Å². The minimum atomic E-state index is -0.522. The second kappa shape index (κ2) is 6.85. The number of anilines is 1. The van der Waals surface area contributed by atoms with Crippen LogP contribution in [-0.2, 0) is 4.74 Å². The quantitative estimate of drug-likeness (QED) is 0.859. The normalized spacial score (nSPS) is 10.0. The molecule has 1 heterocycles. The number of ether oxygens (including phenoxy) is 2. The van der Waals surface area contributed by atoms with E-state index in [1.54, 1.807) is 38.3 Å². The number of benzene rings is 1. The molecule has 110 valence electrons. The van der Waals surface area contributed by atoms with Gasteiger partial charge in [0.15, 0.2) is 0 Å². The Kier molecular flexibility index (Phi) is 4.89. The molecule has 6 nitrogen and oxygen atoms in total. The lowest BCUT2D eigenvalue weighted by atomic mass is 10.3. The van der Waals surface area contributed by atoms with Crippen molar-refractivity contribution < 1.29 is 19.1 Å². The van der Waals surface area contributed by atoms with Gasteiger partial charge in [-0.05, 0) is 31.2 Å². The third kappa shape index (κ3) is 3.79. The number of carbonyl (C=O) groups is 2. The van der Waals surface area contributed by atoms with Gasteiger partial charge in [-0.3, -0.25) is 4.79 Å². The zero-order valence-corrected chi connectivity index (χ0v) is 12.4. The third-order valence-electron chi connectivity index (χ3n) is 2.53. The van der Waals surface area contributed by atoms with E-state index in [0.717, 1.165) is 11.3 Å². The second-order valence-electron chi connectivity index (χ2n) is 3.94. The first-order valence-corrected chi connectivity index (χ1v) is 7.10. The molecule has 2 aromatic rings. The highest BCUT2D eigenvalue weighted by atomic mass is 32.1. The SMILES string of the molecule is CCOC(=O)c1nc(C(=O)Nc2ccc(OC)cc2)cs1. The Morgan fingerprint density at radius 3 is 2.62 bits per heavy atom. The molecule has 0 radical (unpaired) electrons. The summed E-state index contributed by atoms with van der Waals surface area (Å²) in [5.74, 6) is -0.204. The lowest BCUT2D eigenvalue weighted by Crippen LogP contribution is -2.13. The van der Waals surface area contributed by atoms with E-state index in [1.807, 2.05) is 0 Å². The molecule has 21 heavy (non-hydrogen) atoms. The molecule has 0 bridgehead atoms. The first-order valence-electron chi connectivity index (χ1n) is 6.22. The number of aromatic nitrogens is 1. The zero-order valence-electron chi connectivity index (χ0n) is 11.6. The first kappa shape index (κ1) is 15.0. The van der Waals surface area contributed by atoms with Crippen molar-refractivity contribution in [2.24, 2.45) is 0 Å². The maximum atomic E-state index is 12.0. The molecule has 0 atom stereocenters. The molecule has 0 aliphatic carbocycles. The molecule has 1 amide bonds. The summed E-state index contributed by atoms with van der Waals surface area (Å²) >= 11 is 1.08. The highest BCUT2D eigenvalue weighted by molar-refractivity contribution is 7.11. The molecule has 0 unspecified atom stereocenters. The van der Waals surface area contributed by atoms with Gasteiger partial charge in [0.2, 0.25) is 5.01 Å². The molecular weight excluding hydrogens is 292 g/mol. The van der Waals surface area contributed by atoms with Gasteiger partial charge in [-0.1, -0.05) is 0 Å². The van der Waals surface area contributed by atoms with Crippen LogP contribution in [0.1, 0.15) is 27.2 Å². The molecule has 1 N–H and O–H groups in total. The van der Waals surface area contributed by atoms with Crippen LogP contribution in [0.2, 0.25) is 0 Å². The molecule has 1 aromatic carbocycles. The highest BCUT2D eigenvalue weighted by Crippen LogP contribution is 2.17. The number of carbonyl (C=O) groups excluding carboxylic acids is 2. The van der Waals surface area contributed by atoms with Gasteiger partial charge in [0.25, 0.3) is 5.91 Å². The topological polar surface area (TPSA) is 77.5 Å². The first-order chi connectivity index (χ1) is 10.1. The van der Waals surface area contributed by atoms with Crippen LogP contribution in [0, 0.1) is 0 Å². The Morgan fingerprint density at radius 1 is 1.29 bits per heavy atom. The van der Waals surface area contributed by atoms with Gasteiger partial charge in [-0.15, -0.1) is 11.3 Å². The summed E-state index contributed by atoms with van der Waals surface area (Å²) in [5.41, 5.74) is 0.797. The van der Waals surface area contributed by atoms with E-state index in [9.17, 15) is 9.59 Å². The fraction of sp³-hybridized carbons (Fsp3) is 0.214. The van der Waals surface area contributed by atoms with Crippen molar-refractivity contribution in [3.05, 3.63) is 40.3 Å². The number of hydrogen-bond donors (Lipinski definition) is 1. The van der Waals surface area contributed by atoms with Crippen LogP contribution in [0.5, 0.6) is 5.75 Å².